The molecule has 0 saturated heterocycles. The van der Waals surface area contributed by atoms with E-state index in [1.165, 1.54) is 19.3 Å². The first kappa shape index (κ1) is 17.3. The molecule has 0 bridgehead atoms. The van der Waals surface area contributed by atoms with Crippen molar-refractivity contribution in [1.82, 2.24) is 5.32 Å². The highest BCUT2D eigenvalue weighted by Gasteiger charge is 2.09. The molecule has 2 nitrogen and oxygen atoms in total. The van der Waals surface area contributed by atoms with Gasteiger partial charge in [-0.05, 0) is 49.1 Å². The van der Waals surface area contributed by atoms with Crippen LogP contribution in [-0.2, 0) is 0 Å². The standard InChI is InChI=1S/C17H28ClNO/c1-5-6-7-8-19-9-10-20-17-12-15(13(2)3)16(18)11-14(17)4/h11-13,19H,5-10H2,1-4H3. The summed E-state index contributed by atoms with van der Waals surface area (Å²) in [5, 5.41) is 4.24. The van der Waals surface area contributed by atoms with Gasteiger partial charge in [0, 0.05) is 11.6 Å². The minimum atomic E-state index is 0.414. The van der Waals surface area contributed by atoms with Crippen molar-refractivity contribution in [1.29, 1.82) is 0 Å². The summed E-state index contributed by atoms with van der Waals surface area (Å²) >= 11 is 6.26. The molecule has 0 amide bonds. The van der Waals surface area contributed by atoms with Crippen molar-refractivity contribution in [3.8, 4) is 5.75 Å². The van der Waals surface area contributed by atoms with Gasteiger partial charge in [-0.25, -0.2) is 0 Å². The second kappa shape index (κ2) is 9.25. The van der Waals surface area contributed by atoms with Crippen molar-refractivity contribution in [2.75, 3.05) is 19.7 Å². The molecule has 0 unspecified atom stereocenters. The first-order chi connectivity index (χ1) is 9.56. The maximum absolute atomic E-state index is 6.26. The zero-order valence-electron chi connectivity index (χ0n) is 13.3. The van der Waals surface area contributed by atoms with E-state index < -0.39 is 0 Å². The van der Waals surface area contributed by atoms with Crippen molar-refractivity contribution < 1.29 is 4.74 Å². The Balaban J connectivity index is 2.42. The second-order valence-electron chi connectivity index (χ2n) is 5.60. The number of hydrogen-bond donors (Lipinski definition) is 1. The van der Waals surface area contributed by atoms with Gasteiger partial charge in [0.05, 0.1) is 0 Å². The van der Waals surface area contributed by atoms with Crippen LogP contribution in [0.25, 0.3) is 0 Å². The SMILES string of the molecule is CCCCCNCCOc1cc(C(C)C)c(Cl)cc1C. The van der Waals surface area contributed by atoms with E-state index in [2.05, 4.69) is 32.2 Å². The molecule has 0 fully saturated rings. The number of unbranched alkanes of at least 4 members (excludes halogenated alkanes) is 2. The molecule has 1 aromatic rings. The molecule has 3 heteroatoms. The van der Waals surface area contributed by atoms with E-state index in [-0.39, 0.29) is 0 Å². The summed E-state index contributed by atoms with van der Waals surface area (Å²) in [5.74, 6) is 1.37. The fourth-order valence-corrected chi connectivity index (χ4v) is 2.56. The number of aryl methyl sites for hydroxylation is 1. The maximum Gasteiger partial charge on any atom is 0.122 e. The maximum atomic E-state index is 6.26. The third-order valence-electron chi connectivity index (χ3n) is 3.41. The fourth-order valence-electron chi connectivity index (χ4n) is 2.12. The molecule has 1 rings (SSSR count). The number of ether oxygens (including phenoxy) is 1. The molecular weight excluding hydrogens is 270 g/mol. The predicted octanol–water partition coefficient (Wildman–Crippen LogP) is 4.93. The second-order valence-corrected chi connectivity index (χ2v) is 6.01. The Hall–Kier alpha value is -0.730. The van der Waals surface area contributed by atoms with Gasteiger partial charge < -0.3 is 10.1 Å². The van der Waals surface area contributed by atoms with Gasteiger partial charge in [0.2, 0.25) is 0 Å². The molecule has 0 atom stereocenters. The minimum absolute atomic E-state index is 0.414. The normalized spacial score (nSPS) is 11.1. The Morgan fingerprint density at radius 2 is 1.95 bits per heavy atom. The van der Waals surface area contributed by atoms with E-state index in [1.807, 2.05) is 13.0 Å². The molecule has 1 N–H and O–H groups in total. The highest BCUT2D eigenvalue weighted by molar-refractivity contribution is 6.31. The van der Waals surface area contributed by atoms with Gasteiger partial charge in [-0.15, -0.1) is 0 Å². The molecule has 0 aliphatic heterocycles. The molecule has 20 heavy (non-hydrogen) atoms. The monoisotopic (exact) mass is 297 g/mol. The molecule has 0 radical (unpaired) electrons. The van der Waals surface area contributed by atoms with Crippen LogP contribution < -0.4 is 10.1 Å². The predicted molar refractivity (Wildman–Crippen MR) is 88.2 cm³/mol. The van der Waals surface area contributed by atoms with Crippen molar-refractivity contribution in [3.05, 3.63) is 28.3 Å². The van der Waals surface area contributed by atoms with Gasteiger partial charge in [0.15, 0.2) is 0 Å². The lowest BCUT2D eigenvalue weighted by atomic mass is 10.0. The summed E-state index contributed by atoms with van der Waals surface area (Å²) < 4.78 is 5.87. The first-order valence-corrected chi connectivity index (χ1v) is 8.07. The van der Waals surface area contributed by atoms with Crippen LogP contribution in [0.15, 0.2) is 12.1 Å². The lowest BCUT2D eigenvalue weighted by Gasteiger charge is -2.15. The molecule has 0 aliphatic carbocycles. The van der Waals surface area contributed by atoms with Crippen molar-refractivity contribution in [2.24, 2.45) is 0 Å². The molecule has 0 spiro atoms. The van der Waals surface area contributed by atoms with E-state index in [0.717, 1.165) is 35.0 Å². The van der Waals surface area contributed by atoms with Crippen LogP contribution in [0.2, 0.25) is 5.02 Å². The molecule has 0 aliphatic rings. The van der Waals surface area contributed by atoms with Crippen LogP contribution in [0.4, 0.5) is 0 Å². The Labute approximate surface area is 128 Å². The summed E-state index contributed by atoms with van der Waals surface area (Å²) in [7, 11) is 0. The lowest BCUT2D eigenvalue weighted by molar-refractivity contribution is 0.311. The van der Waals surface area contributed by atoms with Gasteiger partial charge in [-0.3, -0.25) is 0 Å². The summed E-state index contributed by atoms with van der Waals surface area (Å²) in [6.07, 6.45) is 3.80. The molecule has 1 aromatic carbocycles. The summed E-state index contributed by atoms with van der Waals surface area (Å²) in [4.78, 5) is 0. The van der Waals surface area contributed by atoms with E-state index >= 15 is 0 Å². The van der Waals surface area contributed by atoms with E-state index in [9.17, 15) is 0 Å². The van der Waals surface area contributed by atoms with E-state index in [0.29, 0.717) is 12.5 Å². The van der Waals surface area contributed by atoms with Crippen LogP contribution in [0.1, 0.15) is 57.1 Å². The summed E-state index contributed by atoms with van der Waals surface area (Å²) in [6, 6.07) is 4.08. The third-order valence-corrected chi connectivity index (χ3v) is 3.74. The quantitative estimate of drug-likeness (QED) is 0.653. The third kappa shape index (κ3) is 5.72. The number of rotatable bonds is 9. The average molecular weight is 298 g/mol. The van der Waals surface area contributed by atoms with Crippen LogP contribution in [0.3, 0.4) is 0 Å². The number of hydrogen-bond acceptors (Lipinski definition) is 2. The summed E-state index contributed by atoms with van der Waals surface area (Å²) in [5.41, 5.74) is 2.26. The minimum Gasteiger partial charge on any atom is -0.492 e. The fraction of sp³-hybridized carbons (Fsp3) is 0.647. The Kier molecular flexibility index (Phi) is 8.01. The highest BCUT2D eigenvalue weighted by Crippen LogP contribution is 2.31. The van der Waals surface area contributed by atoms with E-state index in [1.54, 1.807) is 0 Å². The zero-order valence-corrected chi connectivity index (χ0v) is 14.0. The average Bonchev–Trinajstić information content (AvgIpc) is 2.39. The largest absolute Gasteiger partial charge is 0.492 e. The van der Waals surface area contributed by atoms with Crippen molar-refractivity contribution in [2.45, 2.75) is 52.9 Å². The van der Waals surface area contributed by atoms with Gasteiger partial charge in [-0.1, -0.05) is 45.2 Å². The van der Waals surface area contributed by atoms with Crippen LogP contribution >= 0.6 is 11.6 Å². The number of nitrogens with one attached hydrogen (secondary N) is 1. The van der Waals surface area contributed by atoms with Gasteiger partial charge in [0.1, 0.15) is 12.4 Å². The van der Waals surface area contributed by atoms with Crippen molar-refractivity contribution in [3.63, 3.8) is 0 Å². The van der Waals surface area contributed by atoms with Crippen LogP contribution in [0.5, 0.6) is 5.75 Å². The lowest BCUT2D eigenvalue weighted by Crippen LogP contribution is -2.22. The van der Waals surface area contributed by atoms with Gasteiger partial charge in [0.25, 0.3) is 0 Å². The van der Waals surface area contributed by atoms with Gasteiger partial charge in [-0.2, -0.15) is 0 Å². The first-order valence-electron chi connectivity index (χ1n) is 7.69. The zero-order chi connectivity index (χ0) is 15.0. The topological polar surface area (TPSA) is 21.3 Å². The highest BCUT2D eigenvalue weighted by atomic mass is 35.5. The number of halogens is 1. The van der Waals surface area contributed by atoms with Gasteiger partial charge >= 0.3 is 0 Å². The molecule has 114 valence electrons. The van der Waals surface area contributed by atoms with Crippen LogP contribution in [-0.4, -0.2) is 19.7 Å². The number of benzene rings is 1. The molecule has 0 heterocycles. The van der Waals surface area contributed by atoms with Crippen molar-refractivity contribution >= 4 is 11.6 Å². The smallest absolute Gasteiger partial charge is 0.122 e. The van der Waals surface area contributed by atoms with Crippen LogP contribution in [0, 0.1) is 6.92 Å². The Morgan fingerprint density at radius 1 is 1.20 bits per heavy atom. The molecular formula is C17H28ClNO. The summed E-state index contributed by atoms with van der Waals surface area (Å²) in [6.45, 7) is 11.2. The Morgan fingerprint density at radius 3 is 2.60 bits per heavy atom. The molecule has 0 saturated carbocycles. The van der Waals surface area contributed by atoms with E-state index in [4.69, 9.17) is 16.3 Å². The Bertz CT molecular complexity index is 404. The molecule has 0 aromatic heterocycles.